The van der Waals surface area contributed by atoms with Gasteiger partial charge in [-0.3, -0.25) is 14.4 Å². The van der Waals surface area contributed by atoms with Crippen LogP contribution < -0.4 is 31.3 Å². The van der Waals surface area contributed by atoms with E-state index in [4.69, 9.17) is 16.3 Å². The highest BCUT2D eigenvalue weighted by molar-refractivity contribution is 6.39. The first-order chi connectivity index (χ1) is 25.8. The van der Waals surface area contributed by atoms with E-state index in [2.05, 4.69) is 41.5 Å². The van der Waals surface area contributed by atoms with Gasteiger partial charge in [-0.05, 0) is 97.0 Å². The van der Waals surface area contributed by atoms with Gasteiger partial charge in [0.05, 0.1) is 5.54 Å². The number of ether oxygens (including phenoxy) is 1. The topological polar surface area (TPSA) is 159 Å². The van der Waals surface area contributed by atoms with Gasteiger partial charge in [-0.1, -0.05) is 67.4 Å². The van der Waals surface area contributed by atoms with Crippen LogP contribution >= 0.6 is 11.6 Å². The predicted molar refractivity (Wildman–Crippen MR) is 205 cm³/mol. The molecule has 5 N–H and O–H groups in total. The van der Waals surface area contributed by atoms with E-state index in [1.54, 1.807) is 48.5 Å². The minimum atomic E-state index is -0.768. The average molecular weight is 751 g/mol. The summed E-state index contributed by atoms with van der Waals surface area (Å²) in [5.41, 5.74) is 3.47. The predicted octanol–water partition coefficient (Wildman–Crippen LogP) is 6.91. The Bertz CT molecular complexity index is 2110. The van der Waals surface area contributed by atoms with Crippen LogP contribution in [0.4, 0.5) is 27.7 Å². The van der Waals surface area contributed by atoms with Crippen LogP contribution in [0, 0.1) is 18.2 Å². The molecule has 4 aromatic carbocycles. The fraction of sp³-hybridized carbons (Fsp3) is 0.250. The van der Waals surface area contributed by atoms with Crippen LogP contribution in [0.5, 0.6) is 6.01 Å². The second-order valence-corrected chi connectivity index (χ2v) is 14.4. The molecule has 54 heavy (non-hydrogen) atoms. The molecule has 0 unspecified atom stereocenters. The number of carbonyl (C=O) groups is 3. The van der Waals surface area contributed by atoms with E-state index < -0.39 is 17.2 Å². The third kappa shape index (κ3) is 10.3. The molecule has 5 aromatic rings. The molecule has 14 heteroatoms. The Morgan fingerprint density at radius 3 is 2.07 bits per heavy atom. The second-order valence-electron chi connectivity index (χ2n) is 13.9. The van der Waals surface area contributed by atoms with E-state index in [1.165, 1.54) is 12.1 Å². The van der Waals surface area contributed by atoms with E-state index in [0.29, 0.717) is 27.9 Å². The Morgan fingerprint density at radius 2 is 1.41 bits per heavy atom. The second kappa shape index (κ2) is 16.3. The molecule has 0 saturated heterocycles. The lowest BCUT2D eigenvalue weighted by Crippen LogP contribution is -2.44. The number of nitrogens with zero attached hydrogens (tertiary/aromatic N) is 3. The van der Waals surface area contributed by atoms with E-state index in [0.717, 1.165) is 29.5 Å². The molecule has 0 atom stereocenters. The van der Waals surface area contributed by atoms with Gasteiger partial charge in [0.25, 0.3) is 5.91 Å². The molecule has 1 saturated carbocycles. The van der Waals surface area contributed by atoms with E-state index in [1.807, 2.05) is 57.2 Å². The molecule has 3 amide bonds. The lowest BCUT2D eigenvalue weighted by atomic mass is 9.93. The lowest BCUT2D eigenvalue weighted by molar-refractivity contribution is -0.136. The van der Waals surface area contributed by atoms with Crippen molar-refractivity contribution in [3.05, 3.63) is 130 Å². The number of hydrogen-bond acceptors (Lipinski definition) is 9. The summed E-state index contributed by atoms with van der Waals surface area (Å²) in [6, 6.07) is 27.5. The van der Waals surface area contributed by atoms with E-state index in [-0.39, 0.29) is 48.9 Å². The highest BCUT2D eigenvalue weighted by Gasteiger charge is 2.45. The summed E-state index contributed by atoms with van der Waals surface area (Å²) in [6.45, 7) is 6.18. The summed E-state index contributed by atoms with van der Waals surface area (Å²) in [7, 11) is 0. The Balaban J connectivity index is 1.06. The molecule has 0 aliphatic heterocycles. The average Bonchev–Trinajstić information content (AvgIpc) is 3.94. The summed E-state index contributed by atoms with van der Waals surface area (Å²) in [5.74, 6) is -1.67. The van der Waals surface area contributed by atoms with Crippen molar-refractivity contribution in [1.29, 1.82) is 0 Å². The minimum Gasteiger partial charge on any atom is -0.458 e. The first kappa shape index (κ1) is 37.7. The Hall–Kier alpha value is -6.08. The Kier molecular flexibility index (Phi) is 11.4. The quantitative estimate of drug-likeness (QED) is 0.0761. The molecular weight excluding hydrogens is 711 g/mol. The third-order valence-electron chi connectivity index (χ3n) is 8.77. The van der Waals surface area contributed by atoms with Crippen molar-refractivity contribution in [2.75, 3.05) is 29.0 Å². The maximum absolute atomic E-state index is 13.4. The number of halogens is 2. The van der Waals surface area contributed by atoms with Gasteiger partial charge < -0.3 is 31.3 Å². The van der Waals surface area contributed by atoms with Gasteiger partial charge >= 0.3 is 17.8 Å². The summed E-state index contributed by atoms with van der Waals surface area (Å²) in [5, 5.41) is 15.4. The van der Waals surface area contributed by atoms with Crippen LogP contribution in [0.25, 0.3) is 0 Å². The van der Waals surface area contributed by atoms with Crippen LogP contribution in [0.1, 0.15) is 53.7 Å². The van der Waals surface area contributed by atoms with Gasteiger partial charge in [0.15, 0.2) is 0 Å². The Morgan fingerprint density at radius 1 is 0.778 bits per heavy atom. The molecule has 1 fully saturated rings. The minimum absolute atomic E-state index is 0.0629. The summed E-state index contributed by atoms with van der Waals surface area (Å²) >= 11 is 6.12. The number of amides is 3. The molecule has 1 aliphatic carbocycles. The highest BCUT2D eigenvalue weighted by atomic mass is 35.5. The van der Waals surface area contributed by atoms with Gasteiger partial charge in [0.2, 0.25) is 11.9 Å². The number of hydrogen-bond donors (Lipinski definition) is 5. The maximum Gasteiger partial charge on any atom is 0.323 e. The van der Waals surface area contributed by atoms with Gasteiger partial charge in [0.1, 0.15) is 12.4 Å². The standard InChI is InChI=1S/C40H40ClFN8O4/c1-25-4-16-31(17-5-25)45-35(53)34(52)44-24-39(2,3)23-43-33(51)27-8-18-32(19-9-27)46-36-47-37(50-40(20-21-40)28-10-12-29(41)13-11-28)49-38(48-36)54-22-26-6-14-30(42)15-7-26/h4-19H,20-24H2,1-3H3,(H,43,51)(H,44,52)(H,45,53)(H2,46,47,48,49,50). The smallest absolute Gasteiger partial charge is 0.323 e. The van der Waals surface area contributed by atoms with Crippen LogP contribution in [-0.2, 0) is 21.7 Å². The summed E-state index contributed by atoms with van der Waals surface area (Å²) in [6.07, 6.45) is 1.74. The molecule has 6 rings (SSSR count). The number of benzene rings is 4. The lowest BCUT2D eigenvalue weighted by Gasteiger charge is -2.25. The number of carbonyl (C=O) groups excluding carboxylic acids is 3. The number of nitrogens with one attached hydrogen (secondary N) is 5. The number of aromatic nitrogens is 3. The SMILES string of the molecule is Cc1ccc(NC(=O)C(=O)NCC(C)(C)CNC(=O)c2ccc(Nc3nc(NC4(c5ccc(Cl)cc5)CC4)nc(OCc4ccc(F)cc4)n3)cc2)cc1. The third-order valence-corrected chi connectivity index (χ3v) is 9.02. The van der Waals surface area contributed by atoms with Gasteiger partial charge in [-0.25, -0.2) is 4.39 Å². The molecule has 12 nitrogen and oxygen atoms in total. The Labute approximate surface area is 317 Å². The summed E-state index contributed by atoms with van der Waals surface area (Å²) < 4.78 is 19.3. The first-order valence-electron chi connectivity index (χ1n) is 17.3. The zero-order valence-corrected chi connectivity index (χ0v) is 30.8. The largest absolute Gasteiger partial charge is 0.458 e. The maximum atomic E-state index is 13.4. The molecule has 0 spiro atoms. The molecule has 1 aliphatic rings. The van der Waals surface area contributed by atoms with Crippen molar-refractivity contribution >= 4 is 52.6 Å². The van der Waals surface area contributed by atoms with Gasteiger partial charge in [-0.15, -0.1) is 0 Å². The van der Waals surface area contributed by atoms with E-state index in [9.17, 15) is 18.8 Å². The fourth-order valence-electron chi connectivity index (χ4n) is 5.40. The monoisotopic (exact) mass is 750 g/mol. The fourth-order valence-corrected chi connectivity index (χ4v) is 5.52. The van der Waals surface area contributed by atoms with E-state index >= 15 is 0 Å². The van der Waals surface area contributed by atoms with Crippen LogP contribution in [-0.4, -0.2) is 45.8 Å². The molecule has 1 aromatic heterocycles. The van der Waals surface area contributed by atoms with Crippen molar-refractivity contribution < 1.29 is 23.5 Å². The number of rotatable bonds is 14. The summed E-state index contributed by atoms with van der Waals surface area (Å²) in [4.78, 5) is 51.3. The number of anilines is 4. The van der Waals surface area contributed by atoms with Crippen molar-refractivity contribution in [3.63, 3.8) is 0 Å². The van der Waals surface area contributed by atoms with Crippen LogP contribution in [0.2, 0.25) is 5.02 Å². The normalized spacial score (nSPS) is 13.0. The van der Waals surface area contributed by atoms with Crippen molar-refractivity contribution in [2.45, 2.75) is 45.8 Å². The molecule has 1 heterocycles. The zero-order valence-electron chi connectivity index (χ0n) is 30.0. The van der Waals surface area contributed by atoms with Crippen LogP contribution in [0.3, 0.4) is 0 Å². The highest BCUT2D eigenvalue weighted by Crippen LogP contribution is 2.48. The van der Waals surface area contributed by atoms with Gasteiger partial charge in [0, 0.05) is 35.1 Å². The zero-order chi connectivity index (χ0) is 38.3. The molecular formula is C40H40ClFN8O4. The molecule has 278 valence electrons. The van der Waals surface area contributed by atoms with Gasteiger partial charge in [-0.2, -0.15) is 15.0 Å². The molecule has 0 radical (unpaired) electrons. The van der Waals surface area contributed by atoms with Crippen molar-refractivity contribution in [1.82, 2.24) is 25.6 Å². The van der Waals surface area contributed by atoms with Crippen molar-refractivity contribution in [3.8, 4) is 6.01 Å². The first-order valence-corrected chi connectivity index (χ1v) is 17.7. The van der Waals surface area contributed by atoms with Crippen molar-refractivity contribution in [2.24, 2.45) is 5.41 Å². The number of aryl methyl sites for hydroxylation is 1. The molecule has 0 bridgehead atoms. The van der Waals surface area contributed by atoms with Crippen LogP contribution in [0.15, 0.2) is 97.1 Å².